The van der Waals surface area contributed by atoms with Crippen molar-refractivity contribution in [1.82, 2.24) is 15.5 Å². The van der Waals surface area contributed by atoms with E-state index in [2.05, 4.69) is 15.5 Å². The zero-order valence-electron chi connectivity index (χ0n) is 12.4. The van der Waals surface area contributed by atoms with Gasteiger partial charge in [0.2, 0.25) is 5.91 Å². The van der Waals surface area contributed by atoms with Crippen LogP contribution < -0.4 is 16.0 Å². The highest BCUT2D eigenvalue weighted by molar-refractivity contribution is 7.80. The molecule has 0 aliphatic rings. The first-order chi connectivity index (χ1) is 9.38. The lowest BCUT2D eigenvalue weighted by Crippen LogP contribution is -2.37. The molecule has 7 heteroatoms. The highest BCUT2D eigenvalue weighted by Gasteiger charge is 2.18. The van der Waals surface area contributed by atoms with Crippen LogP contribution in [-0.4, -0.2) is 41.2 Å². The van der Waals surface area contributed by atoms with Gasteiger partial charge in [0.1, 0.15) is 4.99 Å². The van der Waals surface area contributed by atoms with Crippen LogP contribution in [0.1, 0.15) is 30.2 Å². The Hall–Kier alpha value is -1.76. The molecule has 0 aliphatic carbocycles. The lowest BCUT2D eigenvalue weighted by Gasteiger charge is -2.21. The molecule has 0 fully saturated rings. The van der Waals surface area contributed by atoms with Gasteiger partial charge in [0, 0.05) is 13.6 Å². The summed E-state index contributed by atoms with van der Waals surface area (Å²) in [5.74, 6) is 0.468. The summed E-state index contributed by atoms with van der Waals surface area (Å²) in [6.45, 7) is 6.60. The standard InChI is InChI=1S/C13H21N5OS/c1-5-6-15-10(19)7-18(4)13-11(12(14)20)8(2)9(3)16-17-13/h5-7H2,1-4H3,(H2,14,20)(H,15,19). The van der Waals surface area contributed by atoms with E-state index < -0.39 is 0 Å². The number of amides is 1. The highest BCUT2D eigenvalue weighted by atomic mass is 32.1. The zero-order chi connectivity index (χ0) is 15.3. The van der Waals surface area contributed by atoms with Crippen molar-refractivity contribution in [3.8, 4) is 0 Å². The summed E-state index contributed by atoms with van der Waals surface area (Å²) >= 11 is 5.08. The van der Waals surface area contributed by atoms with E-state index in [1.54, 1.807) is 11.9 Å². The van der Waals surface area contributed by atoms with E-state index in [1.807, 2.05) is 20.8 Å². The number of nitrogens with zero attached hydrogens (tertiary/aromatic N) is 3. The highest BCUT2D eigenvalue weighted by Crippen LogP contribution is 2.20. The molecular formula is C13H21N5OS. The van der Waals surface area contributed by atoms with Crippen molar-refractivity contribution in [2.75, 3.05) is 25.0 Å². The van der Waals surface area contributed by atoms with E-state index in [1.165, 1.54) is 0 Å². The number of likely N-dealkylation sites (N-methyl/N-ethyl adjacent to an activating group) is 1. The van der Waals surface area contributed by atoms with Crippen LogP contribution in [0.3, 0.4) is 0 Å². The van der Waals surface area contributed by atoms with Crippen molar-refractivity contribution in [1.29, 1.82) is 0 Å². The summed E-state index contributed by atoms with van der Waals surface area (Å²) in [5.41, 5.74) is 8.12. The molecule has 0 bridgehead atoms. The molecule has 0 aliphatic heterocycles. The number of rotatable bonds is 6. The van der Waals surface area contributed by atoms with Gasteiger partial charge in [0.05, 0.1) is 17.8 Å². The molecule has 1 heterocycles. The van der Waals surface area contributed by atoms with Gasteiger partial charge in [-0.15, -0.1) is 5.10 Å². The Bertz CT molecular complexity index is 518. The summed E-state index contributed by atoms with van der Waals surface area (Å²) in [6, 6.07) is 0. The van der Waals surface area contributed by atoms with Crippen LogP contribution in [0.2, 0.25) is 0 Å². The molecule has 110 valence electrons. The van der Waals surface area contributed by atoms with Gasteiger partial charge in [0.15, 0.2) is 5.82 Å². The number of carbonyl (C=O) groups excluding carboxylic acids is 1. The molecule has 3 N–H and O–H groups in total. The van der Waals surface area contributed by atoms with E-state index in [0.29, 0.717) is 17.9 Å². The van der Waals surface area contributed by atoms with Gasteiger partial charge in [-0.1, -0.05) is 19.1 Å². The molecule has 1 aromatic heterocycles. The van der Waals surface area contributed by atoms with Crippen molar-refractivity contribution in [3.63, 3.8) is 0 Å². The lowest BCUT2D eigenvalue weighted by molar-refractivity contribution is -0.119. The minimum absolute atomic E-state index is 0.0664. The molecule has 0 saturated carbocycles. The number of hydrogen-bond donors (Lipinski definition) is 2. The van der Waals surface area contributed by atoms with Crippen molar-refractivity contribution >= 4 is 28.9 Å². The van der Waals surface area contributed by atoms with Crippen LogP contribution in [-0.2, 0) is 4.79 Å². The second-order valence-electron chi connectivity index (χ2n) is 4.68. The van der Waals surface area contributed by atoms with E-state index in [4.69, 9.17) is 18.0 Å². The second kappa shape index (κ2) is 7.14. The first-order valence-electron chi connectivity index (χ1n) is 6.50. The fourth-order valence-electron chi connectivity index (χ4n) is 1.77. The first kappa shape index (κ1) is 16.3. The third kappa shape index (κ3) is 3.86. The largest absolute Gasteiger partial charge is 0.389 e. The minimum atomic E-state index is -0.0664. The van der Waals surface area contributed by atoms with Crippen LogP contribution in [0.5, 0.6) is 0 Å². The van der Waals surface area contributed by atoms with Gasteiger partial charge in [-0.05, 0) is 25.8 Å². The summed E-state index contributed by atoms with van der Waals surface area (Å²) in [6.07, 6.45) is 0.900. The Morgan fingerprint density at radius 2 is 2.05 bits per heavy atom. The fourth-order valence-corrected chi connectivity index (χ4v) is 2.01. The predicted molar refractivity (Wildman–Crippen MR) is 84.0 cm³/mol. The van der Waals surface area contributed by atoms with E-state index in [-0.39, 0.29) is 17.4 Å². The van der Waals surface area contributed by atoms with E-state index >= 15 is 0 Å². The summed E-state index contributed by atoms with van der Waals surface area (Å²) in [7, 11) is 1.77. The summed E-state index contributed by atoms with van der Waals surface area (Å²) in [4.78, 5) is 13.7. The molecule has 1 aromatic rings. The van der Waals surface area contributed by atoms with Crippen LogP contribution >= 0.6 is 12.2 Å². The number of aryl methyl sites for hydroxylation is 1. The number of aromatic nitrogens is 2. The molecule has 0 spiro atoms. The van der Waals surface area contributed by atoms with Crippen molar-refractivity contribution in [2.24, 2.45) is 5.73 Å². The van der Waals surface area contributed by atoms with E-state index in [0.717, 1.165) is 17.7 Å². The molecular weight excluding hydrogens is 274 g/mol. The Balaban J connectivity index is 2.98. The second-order valence-corrected chi connectivity index (χ2v) is 5.12. The topological polar surface area (TPSA) is 84.1 Å². The van der Waals surface area contributed by atoms with Crippen LogP contribution in [0, 0.1) is 13.8 Å². The maximum atomic E-state index is 11.8. The molecule has 0 atom stereocenters. The van der Waals surface area contributed by atoms with Crippen molar-refractivity contribution in [3.05, 3.63) is 16.8 Å². The van der Waals surface area contributed by atoms with Gasteiger partial charge in [0.25, 0.3) is 0 Å². The van der Waals surface area contributed by atoms with Gasteiger partial charge >= 0.3 is 0 Å². The third-order valence-electron chi connectivity index (χ3n) is 3.00. The van der Waals surface area contributed by atoms with Gasteiger partial charge in [-0.25, -0.2) is 0 Å². The SMILES string of the molecule is CCCNC(=O)CN(C)c1nnc(C)c(C)c1C(N)=S. The number of anilines is 1. The van der Waals surface area contributed by atoms with Gasteiger partial charge < -0.3 is 16.0 Å². The zero-order valence-corrected chi connectivity index (χ0v) is 13.2. The molecule has 0 aromatic carbocycles. The summed E-state index contributed by atoms with van der Waals surface area (Å²) < 4.78 is 0. The Labute approximate surface area is 124 Å². The molecule has 20 heavy (non-hydrogen) atoms. The Kier molecular flexibility index (Phi) is 5.82. The number of hydrogen-bond acceptors (Lipinski definition) is 5. The fraction of sp³-hybridized carbons (Fsp3) is 0.538. The average Bonchev–Trinajstić information content (AvgIpc) is 2.38. The third-order valence-corrected chi connectivity index (χ3v) is 3.20. The van der Waals surface area contributed by atoms with Gasteiger partial charge in [-0.3, -0.25) is 4.79 Å². The molecule has 1 amide bonds. The molecule has 1 rings (SSSR count). The normalized spacial score (nSPS) is 10.2. The molecule has 0 radical (unpaired) electrons. The molecule has 6 nitrogen and oxygen atoms in total. The number of nitrogens with one attached hydrogen (secondary N) is 1. The lowest BCUT2D eigenvalue weighted by atomic mass is 10.1. The smallest absolute Gasteiger partial charge is 0.239 e. The number of carbonyl (C=O) groups is 1. The quantitative estimate of drug-likeness (QED) is 0.751. The Morgan fingerprint density at radius 1 is 1.40 bits per heavy atom. The maximum Gasteiger partial charge on any atom is 0.239 e. The predicted octanol–water partition coefficient (Wildman–Crippen LogP) is 0.690. The van der Waals surface area contributed by atoms with Crippen LogP contribution in [0.15, 0.2) is 0 Å². The Morgan fingerprint density at radius 3 is 2.60 bits per heavy atom. The van der Waals surface area contributed by atoms with Crippen molar-refractivity contribution < 1.29 is 4.79 Å². The van der Waals surface area contributed by atoms with Crippen LogP contribution in [0.4, 0.5) is 5.82 Å². The summed E-state index contributed by atoms with van der Waals surface area (Å²) in [5, 5.41) is 11.0. The average molecular weight is 295 g/mol. The number of thiocarbonyl (C=S) groups is 1. The monoisotopic (exact) mass is 295 g/mol. The molecule has 0 unspecified atom stereocenters. The van der Waals surface area contributed by atoms with Crippen LogP contribution in [0.25, 0.3) is 0 Å². The maximum absolute atomic E-state index is 11.8. The number of nitrogens with two attached hydrogens (primary N) is 1. The van der Waals surface area contributed by atoms with Gasteiger partial charge in [-0.2, -0.15) is 5.10 Å². The van der Waals surface area contributed by atoms with E-state index in [9.17, 15) is 4.79 Å². The minimum Gasteiger partial charge on any atom is -0.389 e. The molecule has 0 saturated heterocycles. The first-order valence-corrected chi connectivity index (χ1v) is 6.90. The van der Waals surface area contributed by atoms with Crippen molar-refractivity contribution in [2.45, 2.75) is 27.2 Å².